The van der Waals surface area contributed by atoms with Gasteiger partial charge in [0.15, 0.2) is 0 Å². The largest absolute Gasteiger partial charge is 0.474 e. The second-order valence-corrected chi connectivity index (χ2v) is 7.12. The lowest BCUT2D eigenvalue weighted by molar-refractivity contribution is -0.384. The van der Waals surface area contributed by atoms with E-state index in [9.17, 15) is 14.7 Å². The van der Waals surface area contributed by atoms with Gasteiger partial charge in [0.1, 0.15) is 0 Å². The molecule has 0 aliphatic carbocycles. The van der Waals surface area contributed by atoms with Gasteiger partial charge < -0.3 is 4.74 Å². The Morgan fingerprint density at radius 3 is 2.04 bits per heavy atom. The minimum Gasteiger partial charge on any atom is -0.474 e. The predicted molar refractivity (Wildman–Crippen MR) is 91.2 cm³/mol. The van der Waals surface area contributed by atoms with Crippen molar-refractivity contribution in [3.05, 3.63) is 34.4 Å². The number of hydrogen-bond acceptors (Lipinski definition) is 8. The lowest BCUT2D eigenvalue weighted by Crippen LogP contribution is -2.16. The second kappa shape index (κ2) is 8.77. The third-order valence-electron chi connectivity index (χ3n) is 2.47. The van der Waals surface area contributed by atoms with Crippen LogP contribution >= 0.6 is 7.60 Å². The van der Waals surface area contributed by atoms with Crippen LogP contribution in [-0.4, -0.2) is 29.9 Å². The first-order valence-corrected chi connectivity index (χ1v) is 8.81. The van der Waals surface area contributed by atoms with Gasteiger partial charge in [0, 0.05) is 12.1 Å². The number of hydrogen-bond donors (Lipinski definition) is 1. The molecule has 10 heteroatoms. The lowest BCUT2D eigenvalue weighted by atomic mass is 10.3. The Hall–Kier alpha value is -1.96. The molecule has 1 N–H and O–H groups in total. The van der Waals surface area contributed by atoms with Crippen LogP contribution in [0, 0.1) is 10.1 Å². The zero-order valence-electron chi connectivity index (χ0n) is 14.3. The van der Waals surface area contributed by atoms with Crippen molar-refractivity contribution in [3.63, 3.8) is 0 Å². The molecule has 0 aliphatic heterocycles. The summed E-state index contributed by atoms with van der Waals surface area (Å²) in [6, 6.07) is 5.57. The topological polar surface area (TPSA) is 112 Å². The molecule has 0 unspecified atom stereocenters. The predicted octanol–water partition coefficient (Wildman–Crippen LogP) is 3.97. The van der Waals surface area contributed by atoms with Gasteiger partial charge in [-0.25, -0.2) is 4.57 Å². The maximum absolute atomic E-state index is 12.9. The highest BCUT2D eigenvalue weighted by molar-refractivity contribution is 7.71. The highest BCUT2D eigenvalue weighted by Gasteiger charge is 2.36. The summed E-state index contributed by atoms with van der Waals surface area (Å²) in [7, 11) is -2.44. The molecule has 0 heterocycles. The van der Waals surface area contributed by atoms with Crippen molar-refractivity contribution in [1.29, 1.82) is 0 Å². The molecule has 0 aromatic heterocycles. The Kier molecular flexibility index (Phi) is 7.34. The third kappa shape index (κ3) is 5.92. The monoisotopic (exact) mass is 359 g/mol. The Labute approximate surface area is 140 Å². The number of nitro groups is 1. The minimum absolute atomic E-state index is 0.0477. The molecule has 0 saturated carbocycles. The van der Waals surface area contributed by atoms with Crippen LogP contribution in [0.15, 0.2) is 29.4 Å². The summed E-state index contributed by atoms with van der Waals surface area (Å²) in [6.07, 6.45) is -0.733. The molecule has 0 radical (unpaired) electrons. The van der Waals surface area contributed by atoms with Crippen molar-refractivity contribution in [3.8, 4) is 0 Å². The molecule has 9 nitrogen and oxygen atoms in total. The summed E-state index contributed by atoms with van der Waals surface area (Å²) in [5, 5.41) is 14.6. The normalized spacial score (nSPS) is 12.5. The van der Waals surface area contributed by atoms with Gasteiger partial charge in [0.05, 0.1) is 29.9 Å². The van der Waals surface area contributed by atoms with E-state index in [2.05, 4.69) is 10.5 Å². The molecule has 0 fully saturated rings. The van der Waals surface area contributed by atoms with Gasteiger partial charge in [-0.3, -0.25) is 24.6 Å². The van der Waals surface area contributed by atoms with Crippen LogP contribution < -0.4 is 5.43 Å². The van der Waals surface area contributed by atoms with E-state index in [0.717, 1.165) is 0 Å². The van der Waals surface area contributed by atoms with Gasteiger partial charge in [0.25, 0.3) is 5.69 Å². The van der Waals surface area contributed by atoms with E-state index in [1.165, 1.54) is 31.4 Å². The number of ether oxygens (including phenoxy) is 1. The third-order valence-corrected chi connectivity index (χ3v) is 4.62. The number of methoxy groups -OCH3 is 1. The number of nitrogens with one attached hydrogen (secondary N) is 1. The SMILES string of the molecule is CO/C(=N\Nc1ccc([N+](=O)[O-])cc1)P(=O)(OC(C)C)OC(C)C. The Morgan fingerprint density at radius 2 is 1.67 bits per heavy atom. The summed E-state index contributed by atoms with van der Waals surface area (Å²) < 4.78 is 28.7. The van der Waals surface area contributed by atoms with Gasteiger partial charge in [-0.1, -0.05) is 0 Å². The molecular weight excluding hydrogens is 337 g/mol. The van der Waals surface area contributed by atoms with Crippen molar-refractivity contribution < 1.29 is 23.3 Å². The number of benzene rings is 1. The molecule has 0 amide bonds. The quantitative estimate of drug-likeness (QED) is 0.246. The Balaban J connectivity index is 3.00. The van der Waals surface area contributed by atoms with Gasteiger partial charge in [0.2, 0.25) is 0 Å². The molecule has 0 aliphatic rings. The number of nitrogens with zero attached hydrogens (tertiary/aromatic N) is 2. The smallest absolute Gasteiger partial charge is 0.417 e. The average Bonchev–Trinajstić information content (AvgIpc) is 2.46. The number of anilines is 1. The first kappa shape index (κ1) is 20.1. The van der Waals surface area contributed by atoms with Gasteiger partial charge in [-0.15, -0.1) is 5.10 Å². The van der Waals surface area contributed by atoms with Crippen LogP contribution in [0.3, 0.4) is 0 Å². The molecule has 0 spiro atoms. The summed E-state index contributed by atoms with van der Waals surface area (Å²) in [5.41, 5.74) is 2.80. The minimum atomic E-state index is -3.75. The first-order chi connectivity index (χ1) is 11.2. The Bertz CT molecular complexity index is 616. The molecule has 0 bridgehead atoms. The van der Waals surface area contributed by atoms with Crippen LogP contribution in [0.1, 0.15) is 27.7 Å². The summed E-state index contributed by atoms with van der Waals surface area (Å²) >= 11 is 0. The molecular formula is C14H22N3O6P. The molecule has 24 heavy (non-hydrogen) atoms. The highest BCUT2D eigenvalue weighted by Crippen LogP contribution is 2.52. The van der Waals surface area contributed by atoms with Crippen LogP contribution in [0.5, 0.6) is 0 Å². The van der Waals surface area contributed by atoms with E-state index in [4.69, 9.17) is 13.8 Å². The first-order valence-electron chi connectivity index (χ1n) is 7.27. The molecule has 1 aromatic carbocycles. The van der Waals surface area contributed by atoms with Crippen LogP contribution in [0.2, 0.25) is 0 Å². The summed E-state index contributed by atoms with van der Waals surface area (Å²) in [6.45, 7) is 6.86. The maximum atomic E-state index is 12.9. The van der Waals surface area contributed by atoms with Crippen molar-refractivity contribution in [2.24, 2.45) is 5.10 Å². The summed E-state index contributed by atoms with van der Waals surface area (Å²) in [5.74, 6) is 0. The van der Waals surface area contributed by atoms with Crippen molar-refractivity contribution in [2.45, 2.75) is 39.9 Å². The van der Waals surface area contributed by atoms with Crippen molar-refractivity contribution >= 4 is 24.6 Å². The van der Waals surface area contributed by atoms with E-state index in [0.29, 0.717) is 5.69 Å². The number of hydrazone groups is 1. The van der Waals surface area contributed by atoms with Crippen molar-refractivity contribution in [1.82, 2.24) is 0 Å². The van der Waals surface area contributed by atoms with Gasteiger partial charge >= 0.3 is 13.2 Å². The van der Waals surface area contributed by atoms with Crippen LogP contribution in [-0.2, 0) is 18.3 Å². The van der Waals surface area contributed by atoms with E-state index >= 15 is 0 Å². The Morgan fingerprint density at radius 1 is 1.17 bits per heavy atom. The van der Waals surface area contributed by atoms with Crippen LogP contribution in [0.4, 0.5) is 11.4 Å². The molecule has 1 rings (SSSR count). The standard InChI is InChI=1S/C14H22N3O6P/c1-10(2)22-24(20,23-11(3)4)14(21-5)16-15-12-6-8-13(9-7-12)17(18)19/h6-11,15H,1-5H3/b16-14+. The molecule has 1 aromatic rings. The van der Waals surface area contributed by atoms with E-state index < -0.39 is 12.5 Å². The number of non-ortho nitro benzene ring substituents is 1. The second-order valence-electron chi connectivity index (χ2n) is 5.32. The van der Waals surface area contributed by atoms with E-state index in [1.54, 1.807) is 27.7 Å². The van der Waals surface area contributed by atoms with Crippen molar-refractivity contribution in [2.75, 3.05) is 12.5 Å². The van der Waals surface area contributed by atoms with E-state index in [1.807, 2.05) is 0 Å². The van der Waals surface area contributed by atoms with Gasteiger partial charge in [-0.2, -0.15) is 0 Å². The fourth-order valence-corrected chi connectivity index (χ4v) is 3.40. The summed E-state index contributed by atoms with van der Waals surface area (Å²) in [4.78, 5) is 10.1. The molecule has 0 saturated heterocycles. The highest BCUT2D eigenvalue weighted by atomic mass is 31.2. The fourth-order valence-electron chi connectivity index (χ4n) is 1.66. The van der Waals surface area contributed by atoms with Crippen LogP contribution in [0.25, 0.3) is 0 Å². The number of nitro benzene ring substituents is 1. The zero-order valence-corrected chi connectivity index (χ0v) is 15.1. The average molecular weight is 359 g/mol. The van der Waals surface area contributed by atoms with Gasteiger partial charge in [-0.05, 0) is 39.8 Å². The van der Waals surface area contributed by atoms with E-state index in [-0.39, 0.29) is 23.5 Å². The fraction of sp³-hybridized carbons (Fsp3) is 0.500. The number of rotatable bonds is 8. The lowest BCUT2D eigenvalue weighted by Gasteiger charge is -2.22. The molecule has 134 valence electrons. The maximum Gasteiger partial charge on any atom is 0.417 e. The zero-order chi connectivity index (χ0) is 18.3. The molecule has 0 atom stereocenters.